The normalized spacial score (nSPS) is 12.6. The van der Waals surface area contributed by atoms with Crippen LogP contribution in [0.15, 0.2) is 85.1 Å². The highest BCUT2D eigenvalue weighted by Gasteiger charge is 2.19. The van der Waals surface area contributed by atoms with E-state index in [0.717, 1.165) is 96.3 Å². The van der Waals surface area contributed by atoms with Gasteiger partial charge in [0, 0.05) is 19.3 Å². The van der Waals surface area contributed by atoms with Crippen LogP contribution in [-0.4, -0.2) is 37.2 Å². The molecule has 0 N–H and O–H groups in total. The standard InChI is InChI=1S/C67H116O6/c1-4-7-10-13-16-18-20-22-24-26-28-30-32-33-35-36-38-40-42-44-46-48-51-54-57-60-66(69)72-63-64(62-71-65(68)59-56-53-50-15-12-9-6-3)73-67(70)61-58-55-52-49-47-45-43-41-39-37-34-31-29-27-25-23-21-19-17-14-11-8-5-2/h8,11,17,19-20,22-23,25-26,28-29,31-33,64H,4-7,9-10,12-16,18,21,24,27,30,34-63H2,1-3H3/b11-8-,19-17-,22-20-,25-23-,28-26-,31-29-,33-32-. The van der Waals surface area contributed by atoms with E-state index in [0.29, 0.717) is 19.3 Å². The highest BCUT2D eigenvalue weighted by molar-refractivity contribution is 5.71. The summed E-state index contributed by atoms with van der Waals surface area (Å²) in [4.78, 5) is 38.1. The number of unbranched alkanes of at least 4 members (excludes halogenated alkanes) is 31. The van der Waals surface area contributed by atoms with Crippen LogP contribution in [0.4, 0.5) is 0 Å². The van der Waals surface area contributed by atoms with Gasteiger partial charge in [-0.15, -0.1) is 0 Å². The molecule has 0 aromatic carbocycles. The number of hydrogen-bond donors (Lipinski definition) is 0. The summed E-state index contributed by atoms with van der Waals surface area (Å²) in [5.41, 5.74) is 0. The first-order valence-corrected chi connectivity index (χ1v) is 31.1. The van der Waals surface area contributed by atoms with E-state index in [4.69, 9.17) is 14.2 Å². The van der Waals surface area contributed by atoms with Crippen molar-refractivity contribution < 1.29 is 28.6 Å². The summed E-state index contributed by atoms with van der Waals surface area (Å²) < 4.78 is 16.8. The highest BCUT2D eigenvalue weighted by Crippen LogP contribution is 2.16. The van der Waals surface area contributed by atoms with Crippen molar-refractivity contribution in [3.8, 4) is 0 Å². The first kappa shape index (κ1) is 69.6. The van der Waals surface area contributed by atoms with Crippen molar-refractivity contribution in [2.24, 2.45) is 0 Å². The molecule has 0 fully saturated rings. The third-order valence-electron chi connectivity index (χ3n) is 13.4. The van der Waals surface area contributed by atoms with Gasteiger partial charge in [0.2, 0.25) is 0 Å². The zero-order valence-electron chi connectivity index (χ0n) is 48.1. The van der Waals surface area contributed by atoms with Crippen molar-refractivity contribution in [1.82, 2.24) is 0 Å². The minimum Gasteiger partial charge on any atom is -0.462 e. The fraction of sp³-hybridized carbons (Fsp3) is 0.746. The van der Waals surface area contributed by atoms with E-state index in [1.807, 2.05) is 0 Å². The van der Waals surface area contributed by atoms with Crippen LogP contribution >= 0.6 is 0 Å². The Kier molecular flexibility index (Phi) is 58.3. The second kappa shape index (κ2) is 61.1. The topological polar surface area (TPSA) is 78.9 Å². The van der Waals surface area contributed by atoms with Gasteiger partial charge in [-0.05, 0) is 96.3 Å². The largest absolute Gasteiger partial charge is 0.462 e. The van der Waals surface area contributed by atoms with Gasteiger partial charge in [0.1, 0.15) is 13.2 Å². The summed E-state index contributed by atoms with van der Waals surface area (Å²) in [6.07, 6.45) is 80.3. The van der Waals surface area contributed by atoms with Gasteiger partial charge >= 0.3 is 17.9 Å². The molecule has 0 aromatic rings. The molecule has 0 amide bonds. The Morgan fingerprint density at radius 1 is 0.288 bits per heavy atom. The minimum atomic E-state index is -0.778. The average Bonchev–Trinajstić information content (AvgIpc) is 3.39. The zero-order valence-corrected chi connectivity index (χ0v) is 48.1. The lowest BCUT2D eigenvalue weighted by molar-refractivity contribution is -0.167. The van der Waals surface area contributed by atoms with E-state index in [1.54, 1.807) is 0 Å². The van der Waals surface area contributed by atoms with E-state index in [1.165, 1.54) is 167 Å². The van der Waals surface area contributed by atoms with Crippen LogP contribution in [0, 0.1) is 0 Å². The molecule has 0 rings (SSSR count). The monoisotopic (exact) mass is 1020 g/mol. The smallest absolute Gasteiger partial charge is 0.306 e. The highest BCUT2D eigenvalue weighted by atomic mass is 16.6. The van der Waals surface area contributed by atoms with Crippen LogP contribution in [0.5, 0.6) is 0 Å². The number of allylic oxidation sites excluding steroid dienone is 14. The predicted molar refractivity (Wildman–Crippen MR) is 316 cm³/mol. The molecule has 0 radical (unpaired) electrons. The van der Waals surface area contributed by atoms with Gasteiger partial charge in [0.25, 0.3) is 0 Å². The van der Waals surface area contributed by atoms with Crippen molar-refractivity contribution in [3.05, 3.63) is 85.1 Å². The number of ether oxygens (including phenoxy) is 3. The average molecular weight is 1020 g/mol. The van der Waals surface area contributed by atoms with Crippen LogP contribution in [0.1, 0.15) is 303 Å². The fourth-order valence-electron chi connectivity index (χ4n) is 8.74. The Labute approximate surface area is 452 Å². The Morgan fingerprint density at radius 3 is 0.836 bits per heavy atom. The maximum atomic E-state index is 12.9. The van der Waals surface area contributed by atoms with Crippen LogP contribution in [0.2, 0.25) is 0 Å². The molecule has 420 valence electrons. The number of esters is 3. The molecule has 0 bridgehead atoms. The zero-order chi connectivity index (χ0) is 52.9. The third-order valence-corrected chi connectivity index (χ3v) is 13.4. The molecule has 0 aliphatic rings. The van der Waals surface area contributed by atoms with E-state index in [9.17, 15) is 14.4 Å². The van der Waals surface area contributed by atoms with Gasteiger partial charge in [-0.25, -0.2) is 0 Å². The van der Waals surface area contributed by atoms with E-state index < -0.39 is 6.10 Å². The molecule has 1 unspecified atom stereocenters. The molecule has 6 nitrogen and oxygen atoms in total. The molecular weight excluding hydrogens is 901 g/mol. The summed E-state index contributed by atoms with van der Waals surface area (Å²) in [6, 6.07) is 0. The lowest BCUT2D eigenvalue weighted by Crippen LogP contribution is -2.30. The molecular formula is C67H116O6. The Balaban J connectivity index is 4.17. The number of rotatable bonds is 56. The van der Waals surface area contributed by atoms with E-state index in [-0.39, 0.29) is 31.1 Å². The Morgan fingerprint density at radius 2 is 0.534 bits per heavy atom. The number of carbonyl (C=O) groups excluding carboxylic acids is 3. The third kappa shape index (κ3) is 59.3. The van der Waals surface area contributed by atoms with Gasteiger partial charge in [0.05, 0.1) is 0 Å². The maximum Gasteiger partial charge on any atom is 0.306 e. The molecule has 0 aliphatic carbocycles. The second-order valence-corrected chi connectivity index (χ2v) is 20.6. The first-order chi connectivity index (χ1) is 36.0. The lowest BCUT2D eigenvalue weighted by Gasteiger charge is -2.18. The van der Waals surface area contributed by atoms with E-state index >= 15 is 0 Å². The van der Waals surface area contributed by atoms with Gasteiger partial charge in [-0.2, -0.15) is 0 Å². The predicted octanol–water partition coefficient (Wildman–Crippen LogP) is 21.1. The van der Waals surface area contributed by atoms with Gasteiger partial charge in [-0.3, -0.25) is 14.4 Å². The number of hydrogen-bond acceptors (Lipinski definition) is 6. The first-order valence-electron chi connectivity index (χ1n) is 31.1. The molecule has 73 heavy (non-hydrogen) atoms. The van der Waals surface area contributed by atoms with Gasteiger partial charge < -0.3 is 14.2 Å². The van der Waals surface area contributed by atoms with Crippen LogP contribution in [0.25, 0.3) is 0 Å². The van der Waals surface area contributed by atoms with Crippen LogP contribution in [0.3, 0.4) is 0 Å². The summed E-state index contributed by atoms with van der Waals surface area (Å²) in [7, 11) is 0. The molecule has 6 heteroatoms. The lowest BCUT2D eigenvalue weighted by atomic mass is 10.0. The number of carbonyl (C=O) groups is 3. The van der Waals surface area contributed by atoms with Crippen molar-refractivity contribution in [2.75, 3.05) is 13.2 Å². The maximum absolute atomic E-state index is 12.9. The summed E-state index contributed by atoms with van der Waals surface area (Å²) in [5, 5.41) is 0. The van der Waals surface area contributed by atoms with Crippen molar-refractivity contribution in [2.45, 2.75) is 309 Å². The molecule has 1 atom stereocenters. The molecule has 0 saturated carbocycles. The van der Waals surface area contributed by atoms with Gasteiger partial charge in [-0.1, -0.05) is 273 Å². The van der Waals surface area contributed by atoms with E-state index in [2.05, 4.69) is 106 Å². The Hall–Kier alpha value is -3.41. The molecule has 0 heterocycles. The van der Waals surface area contributed by atoms with Gasteiger partial charge in [0.15, 0.2) is 6.10 Å². The molecule has 0 aromatic heterocycles. The summed E-state index contributed by atoms with van der Waals surface area (Å²) in [5.74, 6) is -0.884. The SMILES string of the molecule is CC/C=C\C/C=C\C/C=C\C/C=C\CCCCCCCCCCCCC(=O)OC(COC(=O)CCCCCCCCC)COC(=O)CCCCCCCCCCCC/C=C\C/C=C\C/C=C\CCCCCCC. The summed E-state index contributed by atoms with van der Waals surface area (Å²) in [6.45, 7) is 6.49. The van der Waals surface area contributed by atoms with Crippen molar-refractivity contribution in [1.29, 1.82) is 0 Å². The van der Waals surface area contributed by atoms with Crippen LogP contribution in [-0.2, 0) is 28.6 Å². The van der Waals surface area contributed by atoms with Crippen LogP contribution < -0.4 is 0 Å². The van der Waals surface area contributed by atoms with Crippen molar-refractivity contribution in [3.63, 3.8) is 0 Å². The quantitative estimate of drug-likeness (QED) is 0.0261. The molecule has 0 aliphatic heterocycles. The molecule has 0 saturated heterocycles. The molecule has 0 spiro atoms. The fourth-order valence-corrected chi connectivity index (χ4v) is 8.74. The second-order valence-electron chi connectivity index (χ2n) is 20.6. The minimum absolute atomic E-state index is 0.0779. The Bertz CT molecular complexity index is 1400. The summed E-state index contributed by atoms with van der Waals surface area (Å²) >= 11 is 0. The van der Waals surface area contributed by atoms with Crippen molar-refractivity contribution >= 4 is 17.9 Å².